The first-order chi connectivity index (χ1) is 13.1. The summed E-state index contributed by atoms with van der Waals surface area (Å²) < 4.78 is 0. The van der Waals surface area contributed by atoms with Gasteiger partial charge in [0.2, 0.25) is 0 Å². The van der Waals surface area contributed by atoms with E-state index in [1.807, 2.05) is 23.1 Å². The summed E-state index contributed by atoms with van der Waals surface area (Å²) in [6, 6.07) is 13.2. The number of carbonyl (C=O) groups excluding carboxylic acids is 1. The molecule has 0 bridgehead atoms. The van der Waals surface area contributed by atoms with E-state index in [2.05, 4.69) is 11.1 Å². The number of nitriles is 1. The van der Waals surface area contributed by atoms with Crippen molar-refractivity contribution in [3.05, 3.63) is 82.0 Å². The molecule has 2 aromatic rings. The minimum absolute atomic E-state index is 0.0596. The molecule has 0 amide bonds. The molecule has 1 aromatic heterocycles. The highest BCUT2D eigenvalue weighted by Crippen LogP contribution is 2.46. The quantitative estimate of drug-likeness (QED) is 0.855. The second-order valence-electron chi connectivity index (χ2n) is 6.58. The van der Waals surface area contributed by atoms with Crippen molar-refractivity contribution >= 4 is 23.1 Å². The molecule has 2 heterocycles. The summed E-state index contributed by atoms with van der Waals surface area (Å²) in [6.07, 6.45) is 5.32. The maximum atomic E-state index is 12.9. The van der Waals surface area contributed by atoms with Crippen LogP contribution in [0.25, 0.3) is 0 Å². The molecule has 27 heavy (non-hydrogen) atoms. The number of rotatable bonds is 2. The third-order valence-electron chi connectivity index (χ3n) is 5.02. The second kappa shape index (κ2) is 6.90. The molecule has 134 valence electrons. The molecule has 0 saturated carbocycles. The van der Waals surface area contributed by atoms with Crippen molar-refractivity contribution in [2.24, 2.45) is 5.73 Å². The zero-order valence-electron chi connectivity index (χ0n) is 14.5. The Balaban J connectivity index is 1.96. The molecule has 2 N–H and O–H groups in total. The Morgan fingerprint density at radius 1 is 1.22 bits per heavy atom. The van der Waals surface area contributed by atoms with E-state index in [1.54, 1.807) is 30.6 Å². The summed E-state index contributed by atoms with van der Waals surface area (Å²) in [7, 11) is 0. The molecular formula is C21H17ClN4O. The van der Waals surface area contributed by atoms with E-state index in [0.717, 1.165) is 29.8 Å². The van der Waals surface area contributed by atoms with Gasteiger partial charge >= 0.3 is 0 Å². The van der Waals surface area contributed by atoms with E-state index in [1.165, 1.54) is 0 Å². The molecule has 0 spiro atoms. The number of Topliss-reactive ketones (excluding diaryl/α,β-unsaturated/α-hetero) is 1. The van der Waals surface area contributed by atoms with Gasteiger partial charge in [-0.2, -0.15) is 5.26 Å². The molecule has 1 aliphatic heterocycles. The molecule has 1 atom stereocenters. The summed E-state index contributed by atoms with van der Waals surface area (Å²) in [5.74, 6) is -0.0681. The highest BCUT2D eigenvalue weighted by molar-refractivity contribution is 6.30. The van der Waals surface area contributed by atoms with E-state index >= 15 is 0 Å². The lowest BCUT2D eigenvalue weighted by Crippen LogP contribution is -2.38. The third-order valence-corrected chi connectivity index (χ3v) is 5.27. The van der Waals surface area contributed by atoms with Gasteiger partial charge in [0.15, 0.2) is 5.78 Å². The molecule has 5 nitrogen and oxygen atoms in total. The van der Waals surface area contributed by atoms with E-state index in [0.29, 0.717) is 28.4 Å². The SMILES string of the molecule is N#CC1=C(N)N(c2ccc(Cl)cc2)C2=C(C(=O)CCC2)[C@H]1c1cccnc1. The molecule has 1 aromatic carbocycles. The predicted octanol–water partition coefficient (Wildman–Crippen LogP) is 4.04. The van der Waals surface area contributed by atoms with Gasteiger partial charge in [-0.05, 0) is 48.7 Å². The van der Waals surface area contributed by atoms with Crippen molar-refractivity contribution in [3.63, 3.8) is 0 Å². The summed E-state index contributed by atoms with van der Waals surface area (Å²) in [4.78, 5) is 18.9. The van der Waals surface area contributed by atoms with Gasteiger partial charge in [-0.25, -0.2) is 0 Å². The number of hydrogen-bond donors (Lipinski definition) is 1. The molecule has 0 unspecified atom stereocenters. The Morgan fingerprint density at radius 2 is 2.00 bits per heavy atom. The lowest BCUT2D eigenvalue weighted by Gasteiger charge is -2.39. The monoisotopic (exact) mass is 376 g/mol. The van der Waals surface area contributed by atoms with Gasteiger partial charge < -0.3 is 5.73 Å². The molecule has 4 rings (SSSR count). The van der Waals surface area contributed by atoms with Crippen molar-refractivity contribution in [1.29, 1.82) is 5.26 Å². The fourth-order valence-corrected chi connectivity index (χ4v) is 3.98. The Kier molecular flexibility index (Phi) is 4.43. The van der Waals surface area contributed by atoms with Gasteiger partial charge in [0, 0.05) is 40.8 Å². The van der Waals surface area contributed by atoms with Crippen LogP contribution >= 0.6 is 11.6 Å². The number of ketones is 1. The number of halogens is 1. The van der Waals surface area contributed by atoms with Crippen LogP contribution in [0.15, 0.2) is 71.5 Å². The normalized spacial score (nSPS) is 19.8. The predicted molar refractivity (Wildman–Crippen MR) is 104 cm³/mol. The number of anilines is 1. The lowest BCUT2D eigenvalue weighted by molar-refractivity contribution is -0.116. The van der Waals surface area contributed by atoms with Crippen molar-refractivity contribution in [2.75, 3.05) is 4.90 Å². The number of carbonyl (C=O) groups is 1. The van der Waals surface area contributed by atoms with Crippen LogP contribution in [-0.2, 0) is 4.79 Å². The molecule has 2 aliphatic rings. The van der Waals surface area contributed by atoms with Crippen LogP contribution in [0.3, 0.4) is 0 Å². The number of aromatic nitrogens is 1. The van der Waals surface area contributed by atoms with E-state index < -0.39 is 5.92 Å². The van der Waals surface area contributed by atoms with Crippen LogP contribution in [0, 0.1) is 11.3 Å². The first kappa shape index (κ1) is 17.3. The minimum atomic E-state index is -0.477. The average Bonchev–Trinajstić information content (AvgIpc) is 2.69. The van der Waals surface area contributed by atoms with E-state index in [9.17, 15) is 10.1 Å². The van der Waals surface area contributed by atoms with Crippen LogP contribution in [0.5, 0.6) is 0 Å². The number of nitrogens with zero attached hydrogens (tertiary/aromatic N) is 3. The van der Waals surface area contributed by atoms with Gasteiger partial charge in [0.25, 0.3) is 0 Å². The number of hydrogen-bond acceptors (Lipinski definition) is 5. The van der Waals surface area contributed by atoms with Crippen molar-refractivity contribution in [1.82, 2.24) is 4.98 Å². The standard InChI is InChI=1S/C21H17ClN4O/c22-14-6-8-15(9-7-14)26-17-4-1-5-18(27)20(17)19(16(11-23)21(26)24)13-3-2-10-25-12-13/h2-3,6-10,12,19H,1,4-5,24H2/t19-/m0/s1. The number of benzene rings is 1. The molecule has 1 aliphatic carbocycles. The van der Waals surface area contributed by atoms with Crippen LogP contribution in [0.1, 0.15) is 30.7 Å². The molecule has 6 heteroatoms. The maximum Gasteiger partial charge on any atom is 0.161 e. The molecule has 0 saturated heterocycles. The van der Waals surface area contributed by atoms with Crippen LogP contribution in [0.4, 0.5) is 5.69 Å². The van der Waals surface area contributed by atoms with Gasteiger partial charge in [0.05, 0.1) is 17.6 Å². The smallest absolute Gasteiger partial charge is 0.161 e. The van der Waals surface area contributed by atoms with Gasteiger partial charge in [-0.1, -0.05) is 17.7 Å². The van der Waals surface area contributed by atoms with Gasteiger partial charge in [0.1, 0.15) is 5.82 Å². The highest BCUT2D eigenvalue weighted by atomic mass is 35.5. The average molecular weight is 377 g/mol. The summed E-state index contributed by atoms with van der Waals surface area (Å²) in [6.45, 7) is 0. The van der Waals surface area contributed by atoms with Crippen LogP contribution in [-0.4, -0.2) is 10.8 Å². The Hall–Kier alpha value is -3.10. The molecule has 0 radical (unpaired) electrons. The first-order valence-electron chi connectivity index (χ1n) is 8.73. The van der Waals surface area contributed by atoms with Gasteiger partial charge in [-0.3, -0.25) is 14.7 Å². The van der Waals surface area contributed by atoms with E-state index in [4.69, 9.17) is 17.3 Å². The summed E-state index contributed by atoms with van der Waals surface area (Å²) >= 11 is 6.02. The third kappa shape index (κ3) is 2.88. The van der Waals surface area contributed by atoms with Gasteiger partial charge in [-0.15, -0.1) is 0 Å². The highest BCUT2D eigenvalue weighted by Gasteiger charge is 2.40. The van der Waals surface area contributed by atoms with Crippen LogP contribution in [0.2, 0.25) is 5.02 Å². The number of nitrogens with two attached hydrogens (primary N) is 1. The van der Waals surface area contributed by atoms with Crippen molar-refractivity contribution in [2.45, 2.75) is 25.2 Å². The second-order valence-corrected chi connectivity index (χ2v) is 7.02. The topological polar surface area (TPSA) is 83.0 Å². The number of pyridine rings is 1. The fourth-order valence-electron chi connectivity index (χ4n) is 3.85. The van der Waals surface area contributed by atoms with Crippen molar-refractivity contribution in [3.8, 4) is 6.07 Å². The largest absolute Gasteiger partial charge is 0.384 e. The minimum Gasteiger partial charge on any atom is -0.384 e. The Bertz CT molecular complexity index is 1000. The molecular weight excluding hydrogens is 360 g/mol. The Labute approximate surface area is 162 Å². The zero-order chi connectivity index (χ0) is 19.0. The molecule has 0 fully saturated rings. The van der Waals surface area contributed by atoms with Crippen molar-refractivity contribution < 1.29 is 4.79 Å². The summed E-state index contributed by atoms with van der Waals surface area (Å²) in [5, 5.41) is 10.5. The lowest BCUT2D eigenvalue weighted by atomic mass is 9.76. The maximum absolute atomic E-state index is 12.9. The first-order valence-corrected chi connectivity index (χ1v) is 9.11. The van der Waals surface area contributed by atoms with E-state index in [-0.39, 0.29) is 5.78 Å². The Morgan fingerprint density at radius 3 is 2.67 bits per heavy atom. The van der Waals surface area contributed by atoms with Crippen LogP contribution < -0.4 is 10.6 Å². The number of allylic oxidation sites excluding steroid dienone is 3. The summed E-state index contributed by atoms with van der Waals surface area (Å²) in [5.41, 5.74) is 9.93. The fraction of sp³-hybridized carbons (Fsp3) is 0.190. The zero-order valence-corrected chi connectivity index (χ0v) is 15.3.